The van der Waals surface area contributed by atoms with Gasteiger partial charge in [-0.25, -0.2) is 0 Å². The van der Waals surface area contributed by atoms with Crippen LogP contribution in [0, 0.1) is 0 Å². The summed E-state index contributed by atoms with van der Waals surface area (Å²) < 4.78 is 0. The van der Waals surface area contributed by atoms with E-state index < -0.39 is 5.60 Å². The number of piperidine rings is 1. The van der Waals surface area contributed by atoms with Crippen LogP contribution in [0.3, 0.4) is 0 Å². The Kier molecular flexibility index (Phi) is 1.97. The third kappa shape index (κ3) is 1.10. The first-order chi connectivity index (χ1) is 5.76. The molecule has 0 aromatic heterocycles. The molecular formula is C10H17NO. The fourth-order valence-corrected chi connectivity index (χ4v) is 2.55. The average Bonchev–Trinajstić information content (AvgIpc) is 2.46. The minimum atomic E-state index is -0.583. The van der Waals surface area contributed by atoms with Crippen LogP contribution in [-0.2, 0) is 0 Å². The SMILES string of the molecule is C=CC1(O)CCN2CCCCC21. The van der Waals surface area contributed by atoms with Gasteiger partial charge in [0.15, 0.2) is 0 Å². The van der Waals surface area contributed by atoms with Crippen molar-refractivity contribution < 1.29 is 5.11 Å². The van der Waals surface area contributed by atoms with Gasteiger partial charge in [-0.15, -0.1) is 6.58 Å². The lowest BCUT2D eigenvalue weighted by Crippen LogP contribution is -2.45. The van der Waals surface area contributed by atoms with Crippen LogP contribution in [0.25, 0.3) is 0 Å². The van der Waals surface area contributed by atoms with Crippen LogP contribution in [-0.4, -0.2) is 34.7 Å². The molecule has 2 nitrogen and oxygen atoms in total. The number of rotatable bonds is 1. The monoisotopic (exact) mass is 167 g/mol. The average molecular weight is 167 g/mol. The van der Waals surface area contributed by atoms with Gasteiger partial charge in [0.05, 0.1) is 5.60 Å². The molecule has 0 aromatic rings. The molecule has 68 valence electrons. The molecule has 2 saturated heterocycles. The molecule has 2 atom stereocenters. The van der Waals surface area contributed by atoms with Crippen LogP contribution in [0.5, 0.6) is 0 Å². The van der Waals surface area contributed by atoms with E-state index >= 15 is 0 Å². The summed E-state index contributed by atoms with van der Waals surface area (Å²) in [5.41, 5.74) is -0.583. The molecule has 12 heavy (non-hydrogen) atoms. The molecule has 2 rings (SSSR count). The van der Waals surface area contributed by atoms with Gasteiger partial charge >= 0.3 is 0 Å². The Balaban J connectivity index is 2.15. The van der Waals surface area contributed by atoms with Crippen molar-refractivity contribution in [2.75, 3.05) is 13.1 Å². The quantitative estimate of drug-likeness (QED) is 0.592. The van der Waals surface area contributed by atoms with Crippen LogP contribution in [0.1, 0.15) is 25.7 Å². The molecule has 0 radical (unpaired) electrons. The van der Waals surface area contributed by atoms with Crippen LogP contribution >= 0.6 is 0 Å². The van der Waals surface area contributed by atoms with Gasteiger partial charge in [0.25, 0.3) is 0 Å². The highest BCUT2D eigenvalue weighted by Crippen LogP contribution is 2.35. The second kappa shape index (κ2) is 2.86. The number of aliphatic hydroxyl groups is 1. The van der Waals surface area contributed by atoms with E-state index in [9.17, 15) is 5.11 Å². The highest BCUT2D eigenvalue weighted by molar-refractivity contribution is 5.10. The molecule has 0 aromatic carbocycles. The minimum Gasteiger partial charge on any atom is -0.384 e. The summed E-state index contributed by atoms with van der Waals surface area (Å²) in [6.45, 7) is 5.95. The first-order valence-electron chi connectivity index (χ1n) is 4.86. The lowest BCUT2D eigenvalue weighted by atomic mass is 9.89. The number of hydrogen-bond acceptors (Lipinski definition) is 2. The Morgan fingerprint density at radius 2 is 2.25 bits per heavy atom. The molecule has 2 heterocycles. The van der Waals surface area contributed by atoms with Crippen LogP contribution in [0.4, 0.5) is 0 Å². The van der Waals surface area contributed by atoms with Crippen molar-refractivity contribution in [2.24, 2.45) is 0 Å². The summed E-state index contributed by atoms with van der Waals surface area (Å²) in [4.78, 5) is 2.41. The molecular weight excluding hydrogens is 150 g/mol. The first-order valence-corrected chi connectivity index (χ1v) is 4.86. The zero-order valence-corrected chi connectivity index (χ0v) is 7.50. The lowest BCUT2D eigenvalue weighted by Gasteiger charge is -2.35. The fraction of sp³-hybridized carbons (Fsp3) is 0.800. The van der Waals surface area contributed by atoms with Gasteiger partial charge in [-0.3, -0.25) is 4.90 Å². The van der Waals surface area contributed by atoms with Gasteiger partial charge in [0.2, 0.25) is 0 Å². The highest BCUT2D eigenvalue weighted by atomic mass is 16.3. The largest absolute Gasteiger partial charge is 0.384 e. The molecule has 1 N–H and O–H groups in total. The van der Waals surface area contributed by atoms with Gasteiger partial charge in [0.1, 0.15) is 0 Å². The van der Waals surface area contributed by atoms with E-state index in [4.69, 9.17) is 0 Å². The van der Waals surface area contributed by atoms with E-state index in [0.29, 0.717) is 6.04 Å². The summed E-state index contributed by atoms with van der Waals surface area (Å²) in [7, 11) is 0. The van der Waals surface area contributed by atoms with Crippen molar-refractivity contribution in [1.82, 2.24) is 4.90 Å². The first kappa shape index (κ1) is 8.27. The normalized spacial score (nSPS) is 42.6. The summed E-state index contributed by atoms with van der Waals surface area (Å²) >= 11 is 0. The second-order valence-electron chi connectivity index (χ2n) is 3.99. The van der Waals surface area contributed by atoms with Gasteiger partial charge in [0, 0.05) is 12.6 Å². The lowest BCUT2D eigenvalue weighted by molar-refractivity contribution is 0.0311. The smallest absolute Gasteiger partial charge is 0.0991 e. The molecule has 0 amide bonds. The Bertz CT molecular complexity index is 192. The molecule has 2 unspecified atom stereocenters. The standard InChI is InChI=1S/C10H17NO/c1-2-10(12)6-8-11-7-4-3-5-9(10)11/h2,9,12H,1,3-8H2. The van der Waals surface area contributed by atoms with E-state index in [0.717, 1.165) is 19.4 Å². The second-order valence-corrected chi connectivity index (χ2v) is 3.99. The number of hydrogen-bond donors (Lipinski definition) is 1. The molecule has 2 aliphatic heterocycles. The zero-order valence-electron chi connectivity index (χ0n) is 7.50. The Morgan fingerprint density at radius 1 is 1.42 bits per heavy atom. The number of nitrogens with zero attached hydrogens (tertiary/aromatic N) is 1. The van der Waals surface area contributed by atoms with Crippen molar-refractivity contribution in [2.45, 2.75) is 37.3 Å². The summed E-state index contributed by atoms with van der Waals surface area (Å²) in [5, 5.41) is 10.1. The molecule has 0 bridgehead atoms. The molecule has 2 aliphatic rings. The summed E-state index contributed by atoms with van der Waals surface area (Å²) in [6.07, 6.45) is 6.31. The third-order valence-electron chi connectivity index (χ3n) is 3.34. The van der Waals surface area contributed by atoms with Crippen molar-refractivity contribution in [3.8, 4) is 0 Å². The van der Waals surface area contributed by atoms with Crippen molar-refractivity contribution in [1.29, 1.82) is 0 Å². The maximum atomic E-state index is 10.1. The van der Waals surface area contributed by atoms with Crippen molar-refractivity contribution in [3.63, 3.8) is 0 Å². The van der Waals surface area contributed by atoms with E-state index in [1.54, 1.807) is 6.08 Å². The molecule has 2 heteroatoms. The Hall–Kier alpha value is -0.340. The van der Waals surface area contributed by atoms with E-state index in [1.165, 1.54) is 19.4 Å². The maximum Gasteiger partial charge on any atom is 0.0991 e. The van der Waals surface area contributed by atoms with Gasteiger partial charge in [-0.2, -0.15) is 0 Å². The molecule has 0 aliphatic carbocycles. The van der Waals surface area contributed by atoms with Crippen molar-refractivity contribution in [3.05, 3.63) is 12.7 Å². The predicted octanol–water partition coefficient (Wildman–Crippen LogP) is 1.16. The topological polar surface area (TPSA) is 23.5 Å². The molecule has 2 fully saturated rings. The Morgan fingerprint density at radius 3 is 3.00 bits per heavy atom. The Labute approximate surface area is 73.9 Å². The fourth-order valence-electron chi connectivity index (χ4n) is 2.55. The summed E-state index contributed by atoms with van der Waals surface area (Å²) in [6, 6.07) is 0.365. The van der Waals surface area contributed by atoms with E-state index in [2.05, 4.69) is 11.5 Å². The van der Waals surface area contributed by atoms with Gasteiger partial charge in [-0.05, 0) is 25.8 Å². The zero-order chi connectivity index (χ0) is 8.60. The van der Waals surface area contributed by atoms with E-state index in [1.807, 2.05) is 0 Å². The maximum absolute atomic E-state index is 10.1. The predicted molar refractivity (Wildman–Crippen MR) is 49.0 cm³/mol. The summed E-state index contributed by atoms with van der Waals surface area (Å²) in [5.74, 6) is 0. The van der Waals surface area contributed by atoms with Gasteiger partial charge in [-0.1, -0.05) is 12.5 Å². The highest BCUT2D eigenvalue weighted by Gasteiger charge is 2.44. The molecule has 0 saturated carbocycles. The van der Waals surface area contributed by atoms with E-state index in [-0.39, 0.29) is 0 Å². The van der Waals surface area contributed by atoms with Gasteiger partial charge < -0.3 is 5.11 Å². The minimum absolute atomic E-state index is 0.365. The van der Waals surface area contributed by atoms with Crippen LogP contribution in [0.2, 0.25) is 0 Å². The number of fused-ring (bicyclic) bond motifs is 1. The van der Waals surface area contributed by atoms with Crippen molar-refractivity contribution >= 4 is 0 Å². The van der Waals surface area contributed by atoms with Crippen LogP contribution in [0.15, 0.2) is 12.7 Å². The third-order valence-corrected chi connectivity index (χ3v) is 3.34. The van der Waals surface area contributed by atoms with Crippen LogP contribution < -0.4 is 0 Å². The molecule has 0 spiro atoms.